The Morgan fingerprint density at radius 2 is 1.56 bits per heavy atom. The van der Waals surface area contributed by atoms with E-state index in [9.17, 15) is 14.4 Å². The minimum absolute atomic E-state index is 0.106. The largest absolute Gasteiger partial charge is 0.465 e. The Labute approximate surface area is 162 Å². The summed E-state index contributed by atoms with van der Waals surface area (Å²) in [5.74, 6) is -0.929. The van der Waals surface area contributed by atoms with Crippen LogP contribution in [-0.2, 0) is 14.3 Å². The summed E-state index contributed by atoms with van der Waals surface area (Å²) in [5, 5.41) is 5.90. The predicted octanol–water partition coefficient (Wildman–Crippen LogP) is 1.22. The van der Waals surface area contributed by atoms with Crippen LogP contribution in [0.15, 0.2) is 48.5 Å². The maximum Gasteiger partial charge on any atom is 0.337 e. The Morgan fingerprint density at radius 1 is 0.963 bits per heavy atom. The van der Waals surface area contributed by atoms with E-state index in [0.29, 0.717) is 26.9 Å². The smallest absolute Gasteiger partial charge is 0.337 e. The van der Waals surface area contributed by atoms with E-state index in [1.165, 1.54) is 7.11 Å². The third-order valence-corrected chi connectivity index (χ3v) is 3.99. The van der Waals surface area contributed by atoms with Gasteiger partial charge in [-0.3, -0.25) is 9.59 Å². The van der Waals surface area contributed by atoms with Crippen LogP contribution in [0.1, 0.15) is 10.4 Å². The first kappa shape index (κ1) is 20.4. The lowest BCUT2D eigenvalue weighted by Crippen LogP contribution is -3.11. The molecule has 0 saturated heterocycles. The fraction of sp³-hybridized carbons (Fsp3) is 0.211. The van der Waals surface area contributed by atoms with Crippen LogP contribution in [-0.4, -0.2) is 45.0 Å². The van der Waals surface area contributed by atoms with Crippen molar-refractivity contribution in [2.75, 3.05) is 37.9 Å². The number of carbonyl (C=O) groups excluding carboxylic acids is 3. The van der Waals surface area contributed by atoms with Crippen LogP contribution in [0.25, 0.3) is 0 Å². The molecule has 0 aromatic heterocycles. The molecule has 0 saturated carbocycles. The monoisotopic (exact) mass is 390 g/mol. The number of amides is 2. The highest BCUT2D eigenvalue weighted by Crippen LogP contribution is 2.19. The molecule has 7 nitrogen and oxygen atoms in total. The van der Waals surface area contributed by atoms with Crippen LogP contribution in [0, 0.1) is 0 Å². The van der Waals surface area contributed by atoms with E-state index in [-0.39, 0.29) is 24.9 Å². The van der Waals surface area contributed by atoms with E-state index in [4.69, 9.17) is 11.6 Å². The summed E-state index contributed by atoms with van der Waals surface area (Å²) in [6, 6.07) is 13.3. The van der Waals surface area contributed by atoms with Crippen molar-refractivity contribution in [3.63, 3.8) is 0 Å². The molecule has 2 aromatic rings. The lowest BCUT2D eigenvalue weighted by molar-refractivity contribution is -0.862. The van der Waals surface area contributed by atoms with Gasteiger partial charge in [0.2, 0.25) is 0 Å². The van der Waals surface area contributed by atoms with Gasteiger partial charge in [0.25, 0.3) is 11.8 Å². The van der Waals surface area contributed by atoms with Gasteiger partial charge in [-0.1, -0.05) is 23.7 Å². The van der Waals surface area contributed by atoms with E-state index in [1.54, 1.807) is 55.6 Å². The Balaban J connectivity index is 1.82. The first-order valence-corrected chi connectivity index (χ1v) is 8.60. The highest BCUT2D eigenvalue weighted by atomic mass is 35.5. The molecule has 0 aliphatic carbocycles. The average Bonchev–Trinajstić information content (AvgIpc) is 2.63. The molecule has 0 aliphatic heterocycles. The van der Waals surface area contributed by atoms with Crippen LogP contribution >= 0.6 is 11.6 Å². The molecule has 27 heavy (non-hydrogen) atoms. The van der Waals surface area contributed by atoms with Crippen molar-refractivity contribution in [2.45, 2.75) is 0 Å². The Hall–Kier alpha value is -2.90. The van der Waals surface area contributed by atoms with Gasteiger partial charge in [-0.15, -0.1) is 0 Å². The fourth-order valence-electron chi connectivity index (χ4n) is 2.38. The molecule has 0 spiro atoms. The molecular weight excluding hydrogens is 370 g/mol. The number of anilines is 2. The highest BCUT2D eigenvalue weighted by molar-refractivity contribution is 6.33. The van der Waals surface area contributed by atoms with Gasteiger partial charge in [-0.25, -0.2) is 4.79 Å². The maximum atomic E-state index is 12.1. The van der Waals surface area contributed by atoms with Crippen molar-refractivity contribution >= 4 is 40.8 Å². The van der Waals surface area contributed by atoms with Gasteiger partial charge in [-0.2, -0.15) is 0 Å². The van der Waals surface area contributed by atoms with Gasteiger partial charge in [0, 0.05) is 5.69 Å². The lowest BCUT2D eigenvalue weighted by Gasteiger charge is -2.14. The van der Waals surface area contributed by atoms with Gasteiger partial charge in [-0.05, 0) is 36.4 Å². The van der Waals surface area contributed by atoms with Crippen molar-refractivity contribution in [3.05, 3.63) is 59.1 Å². The number of quaternary nitrogens is 1. The molecule has 0 bridgehead atoms. The number of rotatable bonds is 7. The fourth-order valence-corrected chi connectivity index (χ4v) is 2.56. The molecule has 3 N–H and O–H groups in total. The van der Waals surface area contributed by atoms with Gasteiger partial charge in [0.05, 0.1) is 30.4 Å². The SMILES string of the molecule is COC(=O)c1ccc(NC(=O)C[NH+](C)CC(=O)Nc2ccccc2Cl)cc1. The molecule has 1 atom stereocenters. The van der Waals surface area contributed by atoms with E-state index < -0.39 is 5.97 Å². The second-order valence-corrected chi connectivity index (χ2v) is 6.36. The van der Waals surface area contributed by atoms with Gasteiger partial charge >= 0.3 is 5.97 Å². The number of likely N-dealkylation sites (N-methyl/N-ethyl adjacent to an activating group) is 1. The van der Waals surface area contributed by atoms with Gasteiger partial charge in [0.15, 0.2) is 13.1 Å². The van der Waals surface area contributed by atoms with E-state index in [0.717, 1.165) is 0 Å². The first-order chi connectivity index (χ1) is 12.9. The first-order valence-electron chi connectivity index (χ1n) is 8.23. The van der Waals surface area contributed by atoms with E-state index >= 15 is 0 Å². The van der Waals surface area contributed by atoms with Crippen molar-refractivity contribution in [2.24, 2.45) is 0 Å². The molecule has 2 amide bonds. The Bertz CT molecular complexity index is 824. The minimum atomic E-state index is -0.443. The third-order valence-electron chi connectivity index (χ3n) is 3.66. The number of halogens is 1. The zero-order valence-electron chi connectivity index (χ0n) is 15.0. The van der Waals surface area contributed by atoms with E-state index in [1.807, 2.05) is 0 Å². The van der Waals surface area contributed by atoms with Crippen molar-refractivity contribution < 1.29 is 24.0 Å². The number of ether oxygens (including phenoxy) is 1. The summed E-state index contributed by atoms with van der Waals surface area (Å²) in [5.41, 5.74) is 1.49. The number of hydrogen-bond acceptors (Lipinski definition) is 4. The van der Waals surface area contributed by atoms with E-state index in [2.05, 4.69) is 15.4 Å². The number of nitrogens with one attached hydrogen (secondary N) is 3. The molecule has 0 aliphatic rings. The summed E-state index contributed by atoms with van der Waals surface area (Å²) >= 11 is 6.00. The molecule has 142 valence electrons. The maximum absolute atomic E-state index is 12.1. The molecule has 0 radical (unpaired) electrons. The summed E-state index contributed by atoms with van der Waals surface area (Å²) < 4.78 is 4.62. The standard InChI is InChI=1S/C19H20ClN3O4/c1-23(12-18(25)22-16-6-4-3-5-15(16)20)11-17(24)21-14-9-7-13(8-10-14)19(26)27-2/h3-10H,11-12H2,1-2H3,(H,21,24)(H,22,25)/p+1. The molecular formula is C19H21ClN3O4+. The number of benzene rings is 2. The molecule has 0 heterocycles. The zero-order chi connectivity index (χ0) is 19.8. The normalized spacial score (nSPS) is 11.4. The average molecular weight is 391 g/mol. The molecule has 2 aromatic carbocycles. The predicted molar refractivity (Wildman–Crippen MR) is 103 cm³/mol. The van der Waals surface area contributed by atoms with Crippen LogP contribution in [0.3, 0.4) is 0 Å². The molecule has 0 fully saturated rings. The van der Waals surface area contributed by atoms with Crippen LogP contribution in [0.5, 0.6) is 0 Å². The van der Waals surface area contributed by atoms with Gasteiger partial charge < -0.3 is 20.3 Å². The molecule has 2 rings (SSSR count). The minimum Gasteiger partial charge on any atom is -0.465 e. The summed E-state index contributed by atoms with van der Waals surface area (Å²) in [7, 11) is 3.05. The Kier molecular flexibility index (Phi) is 7.34. The van der Waals surface area contributed by atoms with Crippen LogP contribution < -0.4 is 15.5 Å². The third kappa shape index (κ3) is 6.40. The van der Waals surface area contributed by atoms with Crippen molar-refractivity contribution in [1.29, 1.82) is 0 Å². The summed E-state index contributed by atoms with van der Waals surface area (Å²) in [6.45, 7) is 0.217. The van der Waals surface area contributed by atoms with Crippen molar-refractivity contribution in [1.82, 2.24) is 0 Å². The second kappa shape index (κ2) is 9.70. The number of esters is 1. The van der Waals surface area contributed by atoms with Crippen LogP contribution in [0.4, 0.5) is 11.4 Å². The topological polar surface area (TPSA) is 88.9 Å². The van der Waals surface area contributed by atoms with Crippen molar-refractivity contribution in [3.8, 4) is 0 Å². The summed E-state index contributed by atoms with van der Waals surface area (Å²) in [6.07, 6.45) is 0. The highest BCUT2D eigenvalue weighted by Gasteiger charge is 2.15. The number of para-hydroxylation sites is 1. The van der Waals surface area contributed by atoms with Crippen LogP contribution in [0.2, 0.25) is 5.02 Å². The molecule has 1 unspecified atom stereocenters. The number of hydrogen-bond donors (Lipinski definition) is 3. The Morgan fingerprint density at radius 3 is 2.15 bits per heavy atom. The number of carbonyl (C=O) groups is 3. The number of methoxy groups -OCH3 is 1. The zero-order valence-corrected chi connectivity index (χ0v) is 15.8. The lowest BCUT2D eigenvalue weighted by atomic mass is 10.2. The second-order valence-electron chi connectivity index (χ2n) is 5.96. The summed E-state index contributed by atoms with van der Waals surface area (Å²) in [4.78, 5) is 36.3. The van der Waals surface area contributed by atoms with Gasteiger partial charge in [0.1, 0.15) is 0 Å². The quantitative estimate of drug-likeness (QED) is 0.620. The molecule has 8 heteroatoms.